The van der Waals surface area contributed by atoms with Crippen molar-refractivity contribution < 1.29 is 19.7 Å². The zero-order valence-electron chi connectivity index (χ0n) is 12.1. The Morgan fingerprint density at radius 1 is 1.27 bits per heavy atom. The molecule has 2 atom stereocenters. The van der Waals surface area contributed by atoms with E-state index in [1.807, 2.05) is 6.08 Å². The second-order valence-electron chi connectivity index (χ2n) is 5.53. The summed E-state index contributed by atoms with van der Waals surface area (Å²) < 4.78 is 5.48. The van der Waals surface area contributed by atoms with E-state index in [0.717, 1.165) is 12.8 Å². The van der Waals surface area contributed by atoms with Gasteiger partial charge >= 0.3 is 0 Å². The van der Waals surface area contributed by atoms with Crippen LogP contribution in [0.25, 0.3) is 0 Å². The summed E-state index contributed by atoms with van der Waals surface area (Å²) in [5.74, 6) is -0.367. The molecule has 120 valence electrons. The van der Waals surface area contributed by atoms with Crippen molar-refractivity contribution in [3.63, 3.8) is 0 Å². The first-order chi connectivity index (χ1) is 10.2. The van der Waals surface area contributed by atoms with Crippen molar-refractivity contribution >= 4 is 22.8 Å². The van der Waals surface area contributed by atoms with Crippen LogP contribution in [-0.4, -0.2) is 34.7 Å². The average molecular weight is 370 g/mol. The summed E-state index contributed by atoms with van der Waals surface area (Å²) in [5, 5.41) is 22.6. The van der Waals surface area contributed by atoms with Crippen molar-refractivity contribution in [3.05, 3.63) is 35.6 Å². The number of phenolic OH excluding ortho intramolecular Hbond substituents is 2. The SMILES string of the molecule is Br.O=C1c2ccc(O)c(O)c2CCC1NCC1CCC=CO1. The van der Waals surface area contributed by atoms with E-state index in [9.17, 15) is 15.0 Å². The zero-order valence-corrected chi connectivity index (χ0v) is 13.8. The number of carbonyl (C=O) groups is 1. The molecule has 3 rings (SSSR count). The number of fused-ring (bicyclic) bond motifs is 1. The molecule has 22 heavy (non-hydrogen) atoms. The second kappa shape index (κ2) is 7.15. The van der Waals surface area contributed by atoms with Crippen molar-refractivity contribution in [2.45, 2.75) is 37.8 Å². The molecule has 0 bridgehead atoms. The summed E-state index contributed by atoms with van der Waals surface area (Å²) in [6.07, 6.45) is 6.96. The molecule has 0 spiro atoms. The maximum Gasteiger partial charge on any atom is 0.180 e. The summed E-state index contributed by atoms with van der Waals surface area (Å²) in [6.45, 7) is 0.639. The number of nitrogens with one attached hydrogen (secondary N) is 1. The Hall–Kier alpha value is -1.53. The first-order valence-electron chi connectivity index (χ1n) is 7.28. The van der Waals surface area contributed by atoms with E-state index in [1.54, 1.807) is 12.3 Å². The molecule has 1 aromatic carbocycles. The molecule has 0 amide bonds. The highest BCUT2D eigenvalue weighted by Crippen LogP contribution is 2.35. The van der Waals surface area contributed by atoms with Crippen LogP contribution in [0.4, 0.5) is 0 Å². The smallest absolute Gasteiger partial charge is 0.180 e. The van der Waals surface area contributed by atoms with Gasteiger partial charge < -0.3 is 20.3 Å². The number of benzene rings is 1. The van der Waals surface area contributed by atoms with Crippen LogP contribution < -0.4 is 5.32 Å². The van der Waals surface area contributed by atoms with Gasteiger partial charge in [-0.15, -0.1) is 17.0 Å². The van der Waals surface area contributed by atoms with Gasteiger partial charge in [-0.2, -0.15) is 0 Å². The van der Waals surface area contributed by atoms with Crippen molar-refractivity contribution in [1.29, 1.82) is 0 Å². The number of phenols is 2. The molecule has 2 unspecified atom stereocenters. The topological polar surface area (TPSA) is 78.8 Å². The zero-order chi connectivity index (χ0) is 14.8. The molecular weight excluding hydrogens is 350 g/mol. The van der Waals surface area contributed by atoms with Crippen LogP contribution in [0.15, 0.2) is 24.5 Å². The minimum atomic E-state index is -0.254. The van der Waals surface area contributed by atoms with Gasteiger partial charge in [0.15, 0.2) is 17.3 Å². The van der Waals surface area contributed by atoms with Gasteiger partial charge in [-0.3, -0.25) is 4.79 Å². The number of hydrogen-bond donors (Lipinski definition) is 3. The molecular formula is C16H20BrNO4. The molecule has 5 nitrogen and oxygen atoms in total. The standard InChI is InChI=1S/C16H19NO4.BrH/c18-14-7-5-11-12(16(14)20)4-6-13(15(11)19)17-9-10-3-1-2-8-21-10;/h2,5,7-8,10,13,17-18,20H,1,3-4,6,9H2;1H. The highest BCUT2D eigenvalue weighted by Gasteiger charge is 2.30. The second-order valence-corrected chi connectivity index (χ2v) is 5.53. The Balaban J connectivity index is 0.00000176. The first-order valence-corrected chi connectivity index (χ1v) is 7.28. The molecule has 0 fully saturated rings. The molecule has 1 aliphatic heterocycles. The maximum absolute atomic E-state index is 12.4. The third-order valence-electron chi connectivity index (χ3n) is 4.14. The average Bonchev–Trinajstić information content (AvgIpc) is 2.51. The molecule has 1 aliphatic carbocycles. The van der Waals surface area contributed by atoms with Crippen LogP contribution in [0.3, 0.4) is 0 Å². The van der Waals surface area contributed by atoms with Crippen LogP contribution >= 0.6 is 17.0 Å². The molecule has 3 N–H and O–H groups in total. The van der Waals surface area contributed by atoms with Gasteiger partial charge in [0.2, 0.25) is 0 Å². The summed E-state index contributed by atoms with van der Waals surface area (Å²) in [6, 6.07) is 2.69. The number of hydrogen-bond acceptors (Lipinski definition) is 5. The Morgan fingerprint density at radius 2 is 2.09 bits per heavy atom. The van der Waals surface area contributed by atoms with Crippen molar-refractivity contribution in [3.8, 4) is 11.5 Å². The van der Waals surface area contributed by atoms with Gasteiger partial charge in [0.1, 0.15) is 6.10 Å². The van der Waals surface area contributed by atoms with Gasteiger partial charge in [0.25, 0.3) is 0 Å². The Labute approximate surface area is 139 Å². The number of halogens is 1. The van der Waals surface area contributed by atoms with Crippen LogP contribution in [0.1, 0.15) is 35.2 Å². The van der Waals surface area contributed by atoms with E-state index in [4.69, 9.17) is 4.74 Å². The summed E-state index contributed by atoms with van der Waals surface area (Å²) in [5.41, 5.74) is 1.05. The predicted molar refractivity (Wildman–Crippen MR) is 87.8 cm³/mol. The normalized spacial score (nSPS) is 23.4. The van der Waals surface area contributed by atoms with Gasteiger partial charge in [0, 0.05) is 17.7 Å². The Kier molecular flexibility index (Phi) is 5.47. The van der Waals surface area contributed by atoms with Gasteiger partial charge in [0.05, 0.1) is 12.3 Å². The molecule has 0 saturated carbocycles. The summed E-state index contributed by atoms with van der Waals surface area (Å²) >= 11 is 0. The Bertz CT molecular complexity index is 588. The van der Waals surface area contributed by atoms with E-state index in [-0.39, 0.29) is 46.4 Å². The predicted octanol–water partition coefficient (Wildman–Crippen LogP) is 2.46. The van der Waals surface area contributed by atoms with E-state index in [0.29, 0.717) is 30.5 Å². The number of ether oxygens (including phenoxy) is 1. The lowest BCUT2D eigenvalue weighted by Crippen LogP contribution is -2.44. The quantitative estimate of drug-likeness (QED) is 0.713. The number of Topliss-reactive ketones (excluding diaryl/α,β-unsaturated/α-hetero) is 1. The minimum Gasteiger partial charge on any atom is -0.504 e. The van der Waals surface area contributed by atoms with Crippen molar-refractivity contribution in [2.24, 2.45) is 0 Å². The summed E-state index contributed by atoms with van der Waals surface area (Å²) in [7, 11) is 0. The van der Waals surface area contributed by atoms with Crippen LogP contribution in [0.5, 0.6) is 11.5 Å². The number of aromatic hydroxyl groups is 2. The van der Waals surface area contributed by atoms with Crippen LogP contribution in [0, 0.1) is 0 Å². The highest BCUT2D eigenvalue weighted by molar-refractivity contribution is 8.93. The lowest BCUT2D eigenvalue weighted by molar-refractivity contribution is 0.0887. The molecule has 0 saturated heterocycles. The molecule has 1 heterocycles. The van der Waals surface area contributed by atoms with Crippen molar-refractivity contribution in [2.75, 3.05) is 6.54 Å². The number of carbonyl (C=O) groups excluding carboxylic acids is 1. The van der Waals surface area contributed by atoms with Gasteiger partial charge in [-0.25, -0.2) is 0 Å². The van der Waals surface area contributed by atoms with Crippen LogP contribution in [-0.2, 0) is 11.2 Å². The lowest BCUT2D eigenvalue weighted by Gasteiger charge is -2.27. The van der Waals surface area contributed by atoms with E-state index in [1.165, 1.54) is 6.07 Å². The minimum absolute atomic E-state index is 0. The van der Waals surface area contributed by atoms with E-state index in [2.05, 4.69) is 5.32 Å². The third-order valence-corrected chi connectivity index (χ3v) is 4.14. The third kappa shape index (κ3) is 3.28. The van der Waals surface area contributed by atoms with Gasteiger partial charge in [-0.05, 0) is 43.9 Å². The van der Waals surface area contributed by atoms with Crippen LogP contribution in [0.2, 0.25) is 0 Å². The number of rotatable bonds is 3. The number of ketones is 1. The largest absolute Gasteiger partial charge is 0.504 e. The molecule has 0 radical (unpaired) electrons. The highest BCUT2D eigenvalue weighted by atomic mass is 79.9. The Morgan fingerprint density at radius 3 is 2.82 bits per heavy atom. The molecule has 6 heteroatoms. The monoisotopic (exact) mass is 369 g/mol. The fourth-order valence-electron chi connectivity index (χ4n) is 2.92. The molecule has 0 aromatic heterocycles. The fourth-order valence-corrected chi connectivity index (χ4v) is 2.92. The van der Waals surface area contributed by atoms with E-state index >= 15 is 0 Å². The fraction of sp³-hybridized carbons (Fsp3) is 0.438. The number of allylic oxidation sites excluding steroid dienone is 1. The van der Waals surface area contributed by atoms with E-state index < -0.39 is 0 Å². The lowest BCUT2D eigenvalue weighted by atomic mass is 9.86. The van der Waals surface area contributed by atoms with Gasteiger partial charge in [-0.1, -0.05) is 0 Å². The summed E-state index contributed by atoms with van der Waals surface area (Å²) in [4.78, 5) is 12.4. The molecule has 1 aromatic rings. The van der Waals surface area contributed by atoms with Crippen molar-refractivity contribution in [1.82, 2.24) is 5.32 Å². The molecule has 2 aliphatic rings. The maximum atomic E-state index is 12.4. The first kappa shape index (κ1) is 16.8.